The van der Waals surface area contributed by atoms with E-state index in [0.29, 0.717) is 6.42 Å². The number of amides is 1. The summed E-state index contributed by atoms with van der Waals surface area (Å²) >= 11 is 0. The maximum atomic E-state index is 12.2. The lowest BCUT2D eigenvalue weighted by atomic mass is 10.1. The van der Waals surface area contributed by atoms with E-state index in [1.54, 1.807) is 19.5 Å². The number of carbonyl (C=O) groups is 1. The fraction of sp³-hybridized carbons (Fsp3) is 0.375. The first-order chi connectivity index (χ1) is 10.1. The lowest BCUT2D eigenvalue weighted by molar-refractivity contribution is -0.121. The number of benzene rings is 1. The number of ether oxygens (including phenoxy) is 1. The van der Waals surface area contributed by atoms with Gasteiger partial charge >= 0.3 is 0 Å². The third-order valence-corrected chi connectivity index (χ3v) is 3.43. The second-order valence-electron chi connectivity index (χ2n) is 4.98. The van der Waals surface area contributed by atoms with Crippen LogP contribution in [-0.2, 0) is 11.2 Å². The number of hydrogen-bond acceptors (Lipinski definition) is 3. The van der Waals surface area contributed by atoms with Crippen molar-refractivity contribution in [3.63, 3.8) is 0 Å². The number of nitrogens with one attached hydrogen (secondary N) is 2. The predicted molar refractivity (Wildman–Crippen MR) is 81.2 cm³/mol. The van der Waals surface area contributed by atoms with Crippen molar-refractivity contribution < 1.29 is 9.53 Å². The molecule has 0 saturated heterocycles. The molecular weight excluding hydrogens is 266 g/mol. The molecule has 1 aromatic carbocycles. The molecule has 1 unspecified atom stereocenters. The third kappa shape index (κ3) is 3.84. The molecule has 0 aliphatic carbocycles. The van der Waals surface area contributed by atoms with Gasteiger partial charge in [-0.2, -0.15) is 0 Å². The van der Waals surface area contributed by atoms with Gasteiger partial charge in [-0.05, 0) is 30.5 Å². The van der Waals surface area contributed by atoms with Crippen LogP contribution < -0.4 is 10.1 Å². The van der Waals surface area contributed by atoms with Crippen LogP contribution in [0.1, 0.15) is 36.3 Å². The minimum absolute atomic E-state index is 0.0239. The van der Waals surface area contributed by atoms with E-state index in [4.69, 9.17) is 4.74 Å². The molecule has 0 bridgehead atoms. The number of H-pyrrole nitrogens is 1. The highest BCUT2D eigenvalue weighted by Crippen LogP contribution is 2.19. The van der Waals surface area contributed by atoms with E-state index in [2.05, 4.69) is 15.3 Å². The van der Waals surface area contributed by atoms with Gasteiger partial charge in [-0.3, -0.25) is 4.79 Å². The van der Waals surface area contributed by atoms with Crippen LogP contribution in [0.4, 0.5) is 0 Å². The summed E-state index contributed by atoms with van der Waals surface area (Å²) in [5, 5.41) is 3.00. The molecule has 2 rings (SSSR count). The average molecular weight is 287 g/mol. The lowest BCUT2D eigenvalue weighted by Crippen LogP contribution is -2.30. The number of aryl methyl sites for hydroxylation is 1. The summed E-state index contributed by atoms with van der Waals surface area (Å²) in [6.45, 7) is 4.00. The number of nitrogens with zero attached hydrogens (tertiary/aromatic N) is 1. The van der Waals surface area contributed by atoms with Crippen LogP contribution in [0.25, 0.3) is 0 Å². The van der Waals surface area contributed by atoms with Crippen LogP contribution >= 0.6 is 0 Å². The van der Waals surface area contributed by atoms with Gasteiger partial charge in [0, 0.05) is 12.4 Å². The molecule has 1 atom stereocenters. The predicted octanol–water partition coefficient (Wildman–Crippen LogP) is 2.54. The molecule has 0 spiro atoms. The van der Waals surface area contributed by atoms with Gasteiger partial charge < -0.3 is 15.0 Å². The summed E-state index contributed by atoms with van der Waals surface area (Å²) < 4.78 is 5.28. The van der Waals surface area contributed by atoms with Crippen molar-refractivity contribution in [2.75, 3.05) is 7.11 Å². The summed E-state index contributed by atoms with van der Waals surface area (Å²) in [7, 11) is 1.64. The SMILES string of the molecule is CCC(NC(=O)Cc1ccc(C)c(OC)c1)c1ncc[nH]1. The summed E-state index contributed by atoms with van der Waals surface area (Å²) in [6.07, 6.45) is 4.56. The van der Waals surface area contributed by atoms with Crippen molar-refractivity contribution in [2.24, 2.45) is 0 Å². The normalized spacial score (nSPS) is 12.0. The molecule has 2 N–H and O–H groups in total. The zero-order chi connectivity index (χ0) is 15.2. The van der Waals surface area contributed by atoms with Crippen molar-refractivity contribution in [1.29, 1.82) is 0 Å². The Labute approximate surface area is 124 Å². The van der Waals surface area contributed by atoms with Crippen molar-refractivity contribution in [1.82, 2.24) is 15.3 Å². The van der Waals surface area contributed by atoms with Crippen LogP contribution in [0.15, 0.2) is 30.6 Å². The standard InChI is InChI=1S/C16H21N3O2/c1-4-13(16-17-7-8-18-16)19-15(20)10-12-6-5-11(2)14(9-12)21-3/h5-9,13H,4,10H2,1-3H3,(H,17,18)(H,19,20). The van der Waals surface area contributed by atoms with Crippen LogP contribution in [0.5, 0.6) is 5.75 Å². The number of rotatable bonds is 6. The Morgan fingerprint density at radius 1 is 1.48 bits per heavy atom. The zero-order valence-corrected chi connectivity index (χ0v) is 12.6. The summed E-state index contributed by atoms with van der Waals surface area (Å²) in [5.41, 5.74) is 1.99. The van der Waals surface area contributed by atoms with E-state index in [1.807, 2.05) is 32.0 Å². The van der Waals surface area contributed by atoms with Gasteiger partial charge in [0.05, 0.1) is 19.6 Å². The van der Waals surface area contributed by atoms with Gasteiger partial charge in [0.25, 0.3) is 0 Å². The van der Waals surface area contributed by atoms with Crippen molar-refractivity contribution in [3.8, 4) is 5.75 Å². The van der Waals surface area contributed by atoms with E-state index >= 15 is 0 Å². The molecule has 5 nitrogen and oxygen atoms in total. The molecule has 0 fully saturated rings. The quantitative estimate of drug-likeness (QED) is 0.858. The smallest absolute Gasteiger partial charge is 0.225 e. The first kappa shape index (κ1) is 15.1. The first-order valence-corrected chi connectivity index (χ1v) is 7.06. The minimum atomic E-state index is -0.0835. The molecule has 112 valence electrons. The van der Waals surface area contributed by atoms with E-state index < -0.39 is 0 Å². The Morgan fingerprint density at radius 2 is 2.29 bits per heavy atom. The summed E-state index contributed by atoms with van der Waals surface area (Å²) in [6, 6.07) is 5.74. The number of hydrogen-bond donors (Lipinski definition) is 2. The zero-order valence-electron chi connectivity index (χ0n) is 12.6. The topological polar surface area (TPSA) is 67.0 Å². The third-order valence-electron chi connectivity index (χ3n) is 3.43. The van der Waals surface area contributed by atoms with Gasteiger partial charge in [-0.1, -0.05) is 19.1 Å². The number of aromatic amines is 1. The Bertz CT molecular complexity index is 594. The van der Waals surface area contributed by atoms with Crippen LogP contribution in [0.2, 0.25) is 0 Å². The van der Waals surface area contributed by atoms with E-state index in [1.165, 1.54) is 0 Å². The number of methoxy groups -OCH3 is 1. The highest BCUT2D eigenvalue weighted by atomic mass is 16.5. The fourth-order valence-corrected chi connectivity index (χ4v) is 2.24. The molecular formula is C16H21N3O2. The van der Waals surface area contributed by atoms with Crippen molar-refractivity contribution in [3.05, 3.63) is 47.5 Å². The van der Waals surface area contributed by atoms with Gasteiger partial charge in [0.2, 0.25) is 5.91 Å². The van der Waals surface area contributed by atoms with Gasteiger partial charge in [0.15, 0.2) is 0 Å². The monoisotopic (exact) mass is 287 g/mol. The Hall–Kier alpha value is -2.30. The maximum absolute atomic E-state index is 12.2. The maximum Gasteiger partial charge on any atom is 0.225 e. The summed E-state index contributed by atoms with van der Waals surface area (Å²) in [5.74, 6) is 1.56. The Kier molecular flexibility index (Phi) is 4.98. The number of aromatic nitrogens is 2. The van der Waals surface area contributed by atoms with E-state index in [9.17, 15) is 4.79 Å². The highest BCUT2D eigenvalue weighted by Gasteiger charge is 2.15. The molecule has 0 saturated carbocycles. The van der Waals surface area contributed by atoms with Crippen molar-refractivity contribution in [2.45, 2.75) is 32.7 Å². The molecule has 5 heteroatoms. The highest BCUT2D eigenvalue weighted by molar-refractivity contribution is 5.79. The fourth-order valence-electron chi connectivity index (χ4n) is 2.24. The molecule has 0 aliphatic heterocycles. The molecule has 1 aromatic heterocycles. The van der Waals surface area contributed by atoms with Gasteiger partial charge in [0.1, 0.15) is 11.6 Å². The van der Waals surface area contributed by atoms with E-state index in [-0.39, 0.29) is 11.9 Å². The Balaban J connectivity index is 2.01. The van der Waals surface area contributed by atoms with Gasteiger partial charge in [-0.25, -0.2) is 4.98 Å². The second kappa shape index (κ2) is 6.92. The molecule has 1 amide bonds. The molecule has 1 heterocycles. The van der Waals surface area contributed by atoms with Crippen molar-refractivity contribution >= 4 is 5.91 Å². The first-order valence-electron chi connectivity index (χ1n) is 7.06. The van der Waals surface area contributed by atoms with Crippen LogP contribution in [0, 0.1) is 6.92 Å². The lowest BCUT2D eigenvalue weighted by Gasteiger charge is -2.15. The average Bonchev–Trinajstić information content (AvgIpc) is 3.01. The van der Waals surface area contributed by atoms with E-state index in [0.717, 1.165) is 29.1 Å². The number of imidazole rings is 1. The minimum Gasteiger partial charge on any atom is -0.496 e. The Morgan fingerprint density at radius 3 is 2.90 bits per heavy atom. The van der Waals surface area contributed by atoms with Gasteiger partial charge in [-0.15, -0.1) is 0 Å². The number of carbonyl (C=O) groups excluding carboxylic acids is 1. The van der Waals surface area contributed by atoms with Crippen LogP contribution in [-0.4, -0.2) is 23.0 Å². The molecule has 0 aliphatic rings. The largest absolute Gasteiger partial charge is 0.496 e. The summed E-state index contributed by atoms with van der Waals surface area (Å²) in [4.78, 5) is 19.4. The molecule has 2 aromatic rings. The van der Waals surface area contributed by atoms with Crippen LogP contribution in [0.3, 0.4) is 0 Å². The molecule has 0 radical (unpaired) electrons. The second-order valence-corrected chi connectivity index (χ2v) is 4.98. The molecule has 21 heavy (non-hydrogen) atoms.